The maximum absolute atomic E-state index is 11.6. The Labute approximate surface area is 88.8 Å². The largest absolute Gasteiger partial charge is 0.296 e. The Bertz CT molecular complexity index is 262. The van der Waals surface area contributed by atoms with Crippen molar-refractivity contribution in [2.75, 3.05) is 0 Å². The standard InChI is InChI=1S/C10H14Cl2O/c1-6-4-3-5-7-8(13)10(11,12)9(6,7)2/h6-7H,3-5H2,1-2H3/t6-,7+,9+/m1/s1. The first-order valence-electron chi connectivity index (χ1n) is 4.84. The third-order valence-electron chi connectivity index (χ3n) is 4.18. The van der Waals surface area contributed by atoms with Gasteiger partial charge in [0.1, 0.15) is 0 Å². The predicted molar refractivity (Wildman–Crippen MR) is 54.1 cm³/mol. The minimum absolute atomic E-state index is 0.0462. The number of alkyl halides is 2. The normalized spacial score (nSPS) is 48.2. The van der Waals surface area contributed by atoms with Gasteiger partial charge in [0.15, 0.2) is 10.1 Å². The van der Waals surface area contributed by atoms with Crippen LogP contribution in [0.5, 0.6) is 0 Å². The SMILES string of the molecule is C[C@@H]1CCC[C@H]2C(=O)C(Cl)(Cl)[C@@]12C. The van der Waals surface area contributed by atoms with Gasteiger partial charge in [-0.2, -0.15) is 0 Å². The molecule has 1 nitrogen and oxygen atoms in total. The molecule has 0 heterocycles. The van der Waals surface area contributed by atoms with Gasteiger partial charge in [-0.15, -0.1) is 0 Å². The van der Waals surface area contributed by atoms with Crippen LogP contribution in [0.25, 0.3) is 0 Å². The lowest BCUT2D eigenvalue weighted by Gasteiger charge is -2.60. The lowest BCUT2D eigenvalue weighted by molar-refractivity contribution is -0.153. The summed E-state index contributed by atoms with van der Waals surface area (Å²) in [6.07, 6.45) is 3.25. The van der Waals surface area contributed by atoms with E-state index in [2.05, 4.69) is 13.8 Å². The van der Waals surface area contributed by atoms with Gasteiger partial charge >= 0.3 is 0 Å². The Balaban J connectivity index is 2.35. The summed E-state index contributed by atoms with van der Waals surface area (Å²) in [6.45, 7) is 4.21. The maximum atomic E-state index is 11.6. The second-order valence-corrected chi connectivity index (χ2v) is 5.93. The molecule has 2 rings (SSSR count). The van der Waals surface area contributed by atoms with E-state index in [1.165, 1.54) is 0 Å². The molecule has 0 saturated heterocycles. The van der Waals surface area contributed by atoms with Crippen molar-refractivity contribution in [2.24, 2.45) is 17.3 Å². The van der Waals surface area contributed by atoms with Crippen LogP contribution in [0.1, 0.15) is 33.1 Å². The summed E-state index contributed by atoms with van der Waals surface area (Å²) in [5, 5.41) is 0. The van der Waals surface area contributed by atoms with E-state index < -0.39 is 4.33 Å². The van der Waals surface area contributed by atoms with Crippen molar-refractivity contribution >= 4 is 29.0 Å². The Kier molecular flexibility index (Phi) is 1.99. The minimum Gasteiger partial charge on any atom is -0.296 e. The molecule has 74 valence electrons. The van der Waals surface area contributed by atoms with E-state index in [0.717, 1.165) is 19.3 Å². The number of Topliss-reactive ketones (excluding diaryl/α,β-unsaturated/α-hetero) is 1. The van der Waals surface area contributed by atoms with E-state index in [0.29, 0.717) is 5.92 Å². The highest BCUT2D eigenvalue weighted by molar-refractivity contribution is 6.61. The molecule has 0 aromatic heterocycles. The van der Waals surface area contributed by atoms with Gasteiger partial charge < -0.3 is 0 Å². The Morgan fingerprint density at radius 1 is 1.38 bits per heavy atom. The number of hydrogen-bond donors (Lipinski definition) is 0. The van der Waals surface area contributed by atoms with Crippen LogP contribution in [0.15, 0.2) is 0 Å². The van der Waals surface area contributed by atoms with Crippen LogP contribution in [-0.4, -0.2) is 10.1 Å². The number of fused-ring (bicyclic) bond motifs is 1. The molecule has 2 fully saturated rings. The fraction of sp³-hybridized carbons (Fsp3) is 0.900. The lowest BCUT2D eigenvalue weighted by atomic mass is 9.49. The quantitative estimate of drug-likeness (QED) is 0.574. The molecular formula is C10H14Cl2O. The average Bonchev–Trinajstić information content (AvgIpc) is 2.09. The molecule has 2 aliphatic carbocycles. The number of carbonyl (C=O) groups is 1. The molecule has 3 heteroatoms. The Hall–Kier alpha value is 0.250. The van der Waals surface area contributed by atoms with E-state index in [1.54, 1.807) is 0 Å². The highest BCUT2D eigenvalue weighted by Gasteiger charge is 2.70. The van der Waals surface area contributed by atoms with E-state index in [-0.39, 0.29) is 17.1 Å². The average molecular weight is 221 g/mol. The van der Waals surface area contributed by atoms with E-state index in [1.807, 2.05) is 0 Å². The third kappa shape index (κ3) is 0.928. The Morgan fingerprint density at radius 2 is 2.00 bits per heavy atom. The monoisotopic (exact) mass is 220 g/mol. The van der Waals surface area contributed by atoms with Crippen molar-refractivity contribution in [3.63, 3.8) is 0 Å². The zero-order valence-electron chi connectivity index (χ0n) is 7.94. The smallest absolute Gasteiger partial charge is 0.182 e. The summed E-state index contributed by atoms with van der Waals surface area (Å²) in [5.41, 5.74) is -0.175. The van der Waals surface area contributed by atoms with Gasteiger partial charge in [0, 0.05) is 11.3 Å². The van der Waals surface area contributed by atoms with Crippen molar-refractivity contribution in [3.05, 3.63) is 0 Å². The van der Waals surface area contributed by atoms with Gasteiger partial charge in [0.05, 0.1) is 0 Å². The Morgan fingerprint density at radius 3 is 2.54 bits per heavy atom. The molecule has 0 aromatic rings. The molecule has 0 amide bonds. The van der Waals surface area contributed by atoms with E-state index >= 15 is 0 Å². The first-order chi connectivity index (χ1) is 5.92. The van der Waals surface area contributed by atoms with Crippen molar-refractivity contribution in [1.82, 2.24) is 0 Å². The van der Waals surface area contributed by atoms with Gasteiger partial charge in [-0.3, -0.25) is 4.79 Å². The van der Waals surface area contributed by atoms with Gasteiger partial charge in [-0.05, 0) is 12.3 Å². The van der Waals surface area contributed by atoms with Gasteiger partial charge in [-0.1, -0.05) is 49.9 Å². The summed E-state index contributed by atoms with van der Waals surface area (Å²) < 4.78 is -1.11. The first kappa shape index (κ1) is 9.79. The van der Waals surface area contributed by atoms with Crippen molar-refractivity contribution in [3.8, 4) is 0 Å². The van der Waals surface area contributed by atoms with Crippen LogP contribution < -0.4 is 0 Å². The zero-order chi connectivity index (χ0) is 9.85. The van der Waals surface area contributed by atoms with E-state index in [4.69, 9.17) is 23.2 Å². The summed E-state index contributed by atoms with van der Waals surface area (Å²) in [5.74, 6) is 0.620. The van der Waals surface area contributed by atoms with Gasteiger partial charge in [0.2, 0.25) is 0 Å². The molecule has 0 N–H and O–H groups in total. The fourth-order valence-electron chi connectivity index (χ4n) is 2.91. The molecule has 2 saturated carbocycles. The topological polar surface area (TPSA) is 17.1 Å². The molecule has 0 spiro atoms. The van der Waals surface area contributed by atoms with Gasteiger partial charge in [0.25, 0.3) is 0 Å². The third-order valence-corrected chi connectivity index (χ3v) is 5.37. The van der Waals surface area contributed by atoms with E-state index in [9.17, 15) is 4.79 Å². The summed E-state index contributed by atoms with van der Waals surface area (Å²) in [6, 6.07) is 0. The van der Waals surface area contributed by atoms with Crippen molar-refractivity contribution in [1.29, 1.82) is 0 Å². The molecule has 13 heavy (non-hydrogen) atoms. The number of hydrogen-bond acceptors (Lipinski definition) is 1. The number of halogens is 2. The summed E-state index contributed by atoms with van der Waals surface area (Å²) >= 11 is 12.2. The molecule has 3 atom stereocenters. The van der Waals surface area contributed by atoms with Crippen LogP contribution in [0, 0.1) is 17.3 Å². The molecule has 2 aliphatic rings. The van der Waals surface area contributed by atoms with Crippen LogP contribution in [0.3, 0.4) is 0 Å². The number of ketones is 1. The second kappa shape index (κ2) is 2.64. The molecule has 0 aliphatic heterocycles. The number of rotatable bonds is 0. The molecule has 0 unspecified atom stereocenters. The highest BCUT2D eigenvalue weighted by atomic mass is 35.5. The molecule has 0 radical (unpaired) electrons. The highest BCUT2D eigenvalue weighted by Crippen LogP contribution is 2.66. The zero-order valence-corrected chi connectivity index (χ0v) is 9.45. The maximum Gasteiger partial charge on any atom is 0.182 e. The minimum atomic E-state index is -1.11. The first-order valence-corrected chi connectivity index (χ1v) is 5.60. The molecule has 0 aromatic carbocycles. The summed E-state index contributed by atoms with van der Waals surface area (Å²) in [4.78, 5) is 11.6. The van der Waals surface area contributed by atoms with Crippen LogP contribution in [0.4, 0.5) is 0 Å². The van der Waals surface area contributed by atoms with Crippen molar-refractivity contribution in [2.45, 2.75) is 37.4 Å². The van der Waals surface area contributed by atoms with Crippen LogP contribution in [0.2, 0.25) is 0 Å². The molecule has 0 bridgehead atoms. The summed E-state index contributed by atoms with van der Waals surface area (Å²) in [7, 11) is 0. The fourth-order valence-corrected chi connectivity index (χ4v) is 3.81. The second-order valence-electron chi connectivity index (χ2n) is 4.61. The van der Waals surface area contributed by atoms with Crippen molar-refractivity contribution < 1.29 is 4.79 Å². The van der Waals surface area contributed by atoms with Crippen LogP contribution >= 0.6 is 23.2 Å². The van der Waals surface area contributed by atoms with Gasteiger partial charge in [-0.25, -0.2) is 0 Å². The predicted octanol–water partition coefficient (Wildman–Crippen LogP) is 3.19. The number of carbonyl (C=O) groups excluding carboxylic acids is 1. The molecular weight excluding hydrogens is 207 g/mol. The van der Waals surface area contributed by atoms with Crippen LogP contribution in [-0.2, 0) is 4.79 Å². The lowest BCUT2D eigenvalue weighted by Crippen LogP contribution is -2.68.